The van der Waals surface area contributed by atoms with E-state index >= 15 is 0 Å². The van der Waals surface area contributed by atoms with E-state index in [4.69, 9.17) is 4.74 Å². The number of carbonyl (C=O) groups excluding carboxylic acids is 2. The first-order valence-corrected chi connectivity index (χ1v) is 11.7. The minimum absolute atomic E-state index is 0.0693. The normalized spacial score (nSPS) is 26.6. The van der Waals surface area contributed by atoms with E-state index in [2.05, 4.69) is 31.1 Å². The van der Waals surface area contributed by atoms with Crippen LogP contribution in [0.3, 0.4) is 0 Å². The summed E-state index contributed by atoms with van der Waals surface area (Å²) in [6, 6.07) is 5.70. The van der Waals surface area contributed by atoms with Gasteiger partial charge in [-0.05, 0) is 68.3 Å². The smallest absolute Gasteiger partial charge is 0.255 e. The monoisotopic (exact) mass is 425 g/mol. The van der Waals surface area contributed by atoms with Gasteiger partial charge in [0.05, 0.1) is 0 Å². The van der Waals surface area contributed by atoms with Crippen molar-refractivity contribution in [2.24, 2.45) is 5.92 Å². The minimum Gasteiger partial charge on any atom is -0.489 e. The van der Waals surface area contributed by atoms with Crippen molar-refractivity contribution in [3.8, 4) is 5.75 Å². The predicted octanol–water partition coefficient (Wildman–Crippen LogP) is 3.76. The van der Waals surface area contributed by atoms with Crippen molar-refractivity contribution in [2.45, 2.75) is 83.5 Å². The van der Waals surface area contributed by atoms with Crippen LogP contribution in [0.2, 0.25) is 0 Å². The molecule has 3 atom stereocenters. The number of ether oxygens (including phenoxy) is 1. The lowest BCUT2D eigenvalue weighted by atomic mass is 10.0. The first-order valence-electron chi connectivity index (χ1n) is 11.7. The Morgan fingerprint density at radius 2 is 2.00 bits per heavy atom. The molecule has 1 saturated carbocycles. The molecule has 2 heterocycles. The minimum atomic E-state index is -0.429. The Morgan fingerprint density at radius 3 is 2.77 bits per heavy atom. The average Bonchev–Trinajstić information content (AvgIpc) is 2.89. The molecule has 2 amide bonds. The number of amides is 2. The molecule has 0 radical (unpaired) electrons. The molecule has 1 aromatic carbocycles. The largest absolute Gasteiger partial charge is 0.489 e. The molecule has 1 saturated heterocycles. The number of rotatable bonds is 6. The zero-order chi connectivity index (χ0) is 22.0. The fraction of sp³-hybridized carbons (Fsp3) is 0.600. The lowest BCUT2D eigenvalue weighted by Gasteiger charge is -2.30. The number of nitrogens with zero attached hydrogens (tertiary/aromatic N) is 1. The summed E-state index contributed by atoms with van der Waals surface area (Å²) < 4.78 is 6.47. The molecule has 1 aliphatic carbocycles. The first kappa shape index (κ1) is 21.9. The highest BCUT2D eigenvalue weighted by Gasteiger charge is 2.38. The predicted molar refractivity (Wildman–Crippen MR) is 121 cm³/mol. The zero-order valence-corrected chi connectivity index (χ0v) is 18.8. The van der Waals surface area contributed by atoms with Crippen LogP contribution in [-0.2, 0) is 11.3 Å². The van der Waals surface area contributed by atoms with Gasteiger partial charge in [0.25, 0.3) is 5.91 Å². The van der Waals surface area contributed by atoms with Crippen molar-refractivity contribution in [3.05, 3.63) is 41.6 Å². The molecule has 2 N–H and O–H groups in total. The van der Waals surface area contributed by atoms with Crippen LogP contribution in [0.1, 0.15) is 74.7 Å². The summed E-state index contributed by atoms with van der Waals surface area (Å²) in [5.74, 6) is 1.22. The Hall–Kier alpha value is -2.34. The molecule has 0 aromatic heterocycles. The zero-order valence-electron chi connectivity index (χ0n) is 18.8. The van der Waals surface area contributed by atoms with E-state index in [1.54, 1.807) is 4.90 Å². The second-order valence-electron chi connectivity index (χ2n) is 9.60. The quantitative estimate of drug-likeness (QED) is 0.681. The molecule has 1 unspecified atom stereocenters. The topological polar surface area (TPSA) is 70.7 Å². The SMILES string of the molecule is C=C1CCC(N2Cc3cc(O[C@H]4CCCCC[C@H]4NCC(C)C)ccc3C2=O)C(=O)N1. The van der Waals surface area contributed by atoms with Crippen LogP contribution in [0.4, 0.5) is 0 Å². The molecule has 1 aromatic rings. The lowest BCUT2D eigenvalue weighted by molar-refractivity contribution is -0.126. The molecule has 31 heavy (non-hydrogen) atoms. The standard InChI is InChI=1S/C25H35N3O3/c1-16(2)14-26-21-7-5-4-6-8-23(21)31-19-10-11-20-18(13-19)15-28(25(20)30)22-12-9-17(3)27-24(22)29/h10-11,13,16,21-23,26H,3-9,12,14-15H2,1-2H3,(H,27,29)/t21-,22?,23+/m1/s1. The average molecular weight is 426 g/mol. The van der Waals surface area contributed by atoms with Crippen molar-refractivity contribution in [1.82, 2.24) is 15.5 Å². The van der Waals surface area contributed by atoms with Crippen molar-refractivity contribution in [2.75, 3.05) is 6.54 Å². The van der Waals surface area contributed by atoms with E-state index in [0.717, 1.165) is 36.4 Å². The number of benzene rings is 1. The van der Waals surface area contributed by atoms with Gasteiger partial charge in [-0.25, -0.2) is 0 Å². The number of carbonyl (C=O) groups is 2. The van der Waals surface area contributed by atoms with E-state index < -0.39 is 6.04 Å². The summed E-state index contributed by atoms with van der Waals surface area (Å²) in [5, 5.41) is 6.50. The van der Waals surface area contributed by atoms with Gasteiger partial charge in [-0.15, -0.1) is 0 Å². The Morgan fingerprint density at radius 1 is 1.19 bits per heavy atom. The molecular weight excluding hydrogens is 390 g/mol. The molecule has 6 heteroatoms. The second kappa shape index (κ2) is 9.43. The third-order valence-corrected chi connectivity index (χ3v) is 6.64. The van der Waals surface area contributed by atoms with Gasteiger partial charge in [-0.1, -0.05) is 33.3 Å². The highest BCUT2D eigenvalue weighted by atomic mass is 16.5. The van der Waals surface area contributed by atoms with Gasteiger partial charge in [0.1, 0.15) is 17.9 Å². The third-order valence-electron chi connectivity index (χ3n) is 6.64. The van der Waals surface area contributed by atoms with Gasteiger partial charge in [0.15, 0.2) is 0 Å². The maximum absolute atomic E-state index is 12.9. The summed E-state index contributed by atoms with van der Waals surface area (Å²) in [7, 11) is 0. The van der Waals surface area contributed by atoms with Gasteiger partial charge in [0, 0.05) is 23.8 Å². The van der Waals surface area contributed by atoms with Gasteiger partial charge in [-0.2, -0.15) is 0 Å². The van der Waals surface area contributed by atoms with Crippen LogP contribution >= 0.6 is 0 Å². The van der Waals surface area contributed by atoms with E-state index in [1.165, 1.54) is 19.3 Å². The van der Waals surface area contributed by atoms with E-state index in [0.29, 0.717) is 36.9 Å². The molecule has 0 bridgehead atoms. The Labute approximate surface area is 185 Å². The van der Waals surface area contributed by atoms with E-state index in [1.807, 2.05) is 18.2 Å². The number of hydrogen-bond acceptors (Lipinski definition) is 4. The van der Waals surface area contributed by atoms with Crippen molar-refractivity contribution in [1.29, 1.82) is 0 Å². The van der Waals surface area contributed by atoms with Crippen molar-refractivity contribution < 1.29 is 14.3 Å². The molecule has 6 nitrogen and oxygen atoms in total. The maximum Gasteiger partial charge on any atom is 0.255 e. The summed E-state index contributed by atoms with van der Waals surface area (Å²) in [5.41, 5.74) is 2.35. The van der Waals surface area contributed by atoms with Gasteiger partial charge >= 0.3 is 0 Å². The molecule has 0 spiro atoms. The molecule has 3 aliphatic rings. The van der Waals surface area contributed by atoms with Gasteiger partial charge in [-0.3, -0.25) is 9.59 Å². The number of piperidine rings is 1. The summed E-state index contributed by atoms with van der Waals surface area (Å²) in [4.78, 5) is 27.0. The van der Waals surface area contributed by atoms with Crippen LogP contribution in [-0.4, -0.2) is 41.4 Å². The van der Waals surface area contributed by atoms with Crippen LogP contribution in [0.5, 0.6) is 5.75 Å². The van der Waals surface area contributed by atoms with Crippen LogP contribution < -0.4 is 15.4 Å². The third kappa shape index (κ3) is 4.95. The Bertz CT molecular complexity index is 850. The molecule has 2 fully saturated rings. The number of fused-ring (bicyclic) bond motifs is 1. The lowest BCUT2D eigenvalue weighted by Crippen LogP contribution is -2.49. The van der Waals surface area contributed by atoms with Crippen LogP contribution in [0.25, 0.3) is 0 Å². The fourth-order valence-electron chi connectivity index (χ4n) is 4.91. The molecule has 168 valence electrons. The van der Waals surface area contributed by atoms with Gasteiger partial charge in [0.2, 0.25) is 5.91 Å². The van der Waals surface area contributed by atoms with Crippen molar-refractivity contribution in [3.63, 3.8) is 0 Å². The Balaban J connectivity index is 1.46. The summed E-state index contributed by atoms with van der Waals surface area (Å²) in [6.07, 6.45) is 7.33. The molecular formula is C25H35N3O3. The highest BCUT2D eigenvalue weighted by Crippen LogP contribution is 2.32. The fourth-order valence-corrected chi connectivity index (χ4v) is 4.91. The summed E-state index contributed by atoms with van der Waals surface area (Å²) in [6.45, 7) is 9.73. The van der Waals surface area contributed by atoms with Crippen LogP contribution in [0, 0.1) is 5.92 Å². The summed E-state index contributed by atoms with van der Waals surface area (Å²) >= 11 is 0. The maximum atomic E-state index is 12.9. The van der Waals surface area contributed by atoms with E-state index in [-0.39, 0.29) is 17.9 Å². The second-order valence-corrected chi connectivity index (χ2v) is 9.60. The molecule has 2 aliphatic heterocycles. The van der Waals surface area contributed by atoms with E-state index in [9.17, 15) is 9.59 Å². The first-order chi connectivity index (χ1) is 14.9. The van der Waals surface area contributed by atoms with Crippen molar-refractivity contribution >= 4 is 11.8 Å². The van der Waals surface area contributed by atoms with Crippen LogP contribution in [0.15, 0.2) is 30.5 Å². The number of nitrogens with one attached hydrogen (secondary N) is 2. The molecule has 4 rings (SSSR count). The number of allylic oxidation sites excluding steroid dienone is 1. The van der Waals surface area contributed by atoms with Gasteiger partial charge < -0.3 is 20.3 Å². The Kier molecular flexibility index (Phi) is 6.65. The highest BCUT2D eigenvalue weighted by molar-refractivity contribution is 6.01. The number of hydrogen-bond donors (Lipinski definition) is 2.